The summed E-state index contributed by atoms with van der Waals surface area (Å²) in [6.45, 7) is 8.08. The van der Waals surface area contributed by atoms with Gasteiger partial charge in [0, 0.05) is 11.0 Å². The van der Waals surface area contributed by atoms with Gasteiger partial charge in [0.05, 0.1) is 0 Å². The van der Waals surface area contributed by atoms with Crippen LogP contribution in [0.1, 0.15) is 23.6 Å². The fourth-order valence-corrected chi connectivity index (χ4v) is 2.53. The molecule has 0 saturated carbocycles. The molecule has 0 aliphatic carbocycles. The molecule has 20 heavy (non-hydrogen) atoms. The molecule has 0 saturated heterocycles. The smallest absolute Gasteiger partial charge is 0.130 e. The Labute approximate surface area is 129 Å². The molecular formula is C17H20BrNO. The fraction of sp³-hybridized carbons (Fsp3) is 0.294. The zero-order chi connectivity index (χ0) is 14.5. The topological polar surface area (TPSA) is 21.3 Å². The van der Waals surface area contributed by atoms with Crippen LogP contribution in [0.4, 0.5) is 0 Å². The first-order chi connectivity index (χ1) is 9.60. The average Bonchev–Trinajstić information content (AvgIpc) is 2.41. The molecular weight excluding hydrogens is 314 g/mol. The molecule has 0 spiro atoms. The van der Waals surface area contributed by atoms with Crippen molar-refractivity contribution in [1.82, 2.24) is 5.32 Å². The van der Waals surface area contributed by atoms with E-state index in [1.165, 1.54) is 11.1 Å². The number of aryl methyl sites for hydroxylation is 2. The number of hydrogen-bond acceptors (Lipinski definition) is 2. The Balaban J connectivity index is 2.15. The van der Waals surface area contributed by atoms with Crippen LogP contribution in [0.25, 0.3) is 0 Å². The number of benzene rings is 2. The second-order valence-electron chi connectivity index (χ2n) is 4.90. The predicted octanol–water partition coefficient (Wildman–Crippen LogP) is 4.97. The summed E-state index contributed by atoms with van der Waals surface area (Å²) in [7, 11) is 0. The Morgan fingerprint density at radius 2 is 1.90 bits per heavy atom. The number of halogens is 1. The van der Waals surface area contributed by atoms with Crippen molar-refractivity contribution in [2.75, 3.05) is 6.54 Å². The summed E-state index contributed by atoms with van der Waals surface area (Å²) in [5, 5.41) is 3.32. The Morgan fingerprint density at radius 3 is 2.55 bits per heavy atom. The minimum atomic E-state index is 0.851. The van der Waals surface area contributed by atoms with Crippen LogP contribution in [0.3, 0.4) is 0 Å². The van der Waals surface area contributed by atoms with Crippen LogP contribution in [-0.2, 0) is 6.54 Å². The summed E-state index contributed by atoms with van der Waals surface area (Å²) >= 11 is 3.60. The van der Waals surface area contributed by atoms with Gasteiger partial charge in [0.15, 0.2) is 0 Å². The number of nitrogens with one attached hydrogen (secondary N) is 1. The third kappa shape index (κ3) is 3.84. The SMILES string of the molecule is CCNCc1ccc(Oc2ccc(C)cc2C)cc1Br. The van der Waals surface area contributed by atoms with Crippen LogP contribution < -0.4 is 10.1 Å². The van der Waals surface area contributed by atoms with E-state index in [9.17, 15) is 0 Å². The first-order valence-corrected chi connectivity index (χ1v) is 7.63. The second-order valence-corrected chi connectivity index (χ2v) is 5.76. The van der Waals surface area contributed by atoms with Gasteiger partial charge in [-0.15, -0.1) is 0 Å². The Kier molecular flexibility index (Phi) is 5.21. The molecule has 0 fully saturated rings. The van der Waals surface area contributed by atoms with E-state index >= 15 is 0 Å². The van der Waals surface area contributed by atoms with E-state index in [-0.39, 0.29) is 0 Å². The van der Waals surface area contributed by atoms with Crippen molar-refractivity contribution in [3.63, 3.8) is 0 Å². The van der Waals surface area contributed by atoms with Gasteiger partial charge in [0.1, 0.15) is 11.5 Å². The van der Waals surface area contributed by atoms with Gasteiger partial charge in [0.25, 0.3) is 0 Å². The quantitative estimate of drug-likeness (QED) is 0.834. The van der Waals surface area contributed by atoms with Crippen LogP contribution in [0.15, 0.2) is 40.9 Å². The van der Waals surface area contributed by atoms with E-state index in [1.807, 2.05) is 18.2 Å². The maximum Gasteiger partial charge on any atom is 0.130 e. The number of hydrogen-bond donors (Lipinski definition) is 1. The zero-order valence-electron chi connectivity index (χ0n) is 12.2. The molecule has 0 atom stereocenters. The maximum absolute atomic E-state index is 5.95. The van der Waals surface area contributed by atoms with Gasteiger partial charge in [0.2, 0.25) is 0 Å². The maximum atomic E-state index is 5.95. The van der Waals surface area contributed by atoms with Crippen molar-refractivity contribution in [2.45, 2.75) is 27.3 Å². The van der Waals surface area contributed by atoms with Gasteiger partial charge in [-0.1, -0.05) is 46.6 Å². The molecule has 0 heterocycles. The minimum Gasteiger partial charge on any atom is -0.457 e. The monoisotopic (exact) mass is 333 g/mol. The van der Waals surface area contributed by atoms with E-state index in [0.29, 0.717) is 0 Å². The summed E-state index contributed by atoms with van der Waals surface area (Å²) in [6, 6.07) is 12.3. The molecule has 0 aliphatic rings. The Morgan fingerprint density at radius 1 is 1.10 bits per heavy atom. The normalized spacial score (nSPS) is 10.6. The summed E-state index contributed by atoms with van der Waals surface area (Å²) in [5.41, 5.74) is 3.63. The van der Waals surface area contributed by atoms with E-state index in [2.05, 4.69) is 60.2 Å². The summed E-state index contributed by atoms with van der Waals surface area (Å²) in [4.78, 5) is 0. The highest BCUT2D eigenvalue weighted by Gasteiger charge is 2.05. The van der Waals surface area contributed by atoms with Crippen molar-refractivity contribution in [2.24, 2.45) is 0 Å². The molecule has 0 aromatic heterocycles. The van der Waals surface area contributed by atoms with E-state index in [4.69, 9.17) is 4.74 Å². The van der Waals surface area contributed by atoms with E-state index in [1.54, 1.807) is 0 Å². The molecule has 2 rings (SSSR count). The van der Waals surface area contributed by atoms with Gasteiger partial charge < -0.3 is 10.1 Å². The van der Waals surface area contributed by atoms with Crippen molar-refractivity contribution < 1.29 is 4.74 Å². The lowest BCUT2D eigenvalue weighted by Crippen LogP contribution is -2.11. The largest absolute Gasteiger partial charge is 0.457 e. The minimum absolute atomic E-state index is 0.851. The molecule has 2 aromatic rings. The molecule has 0 radical (unpaired) electrons. The lowest BCUT2D eigenvalue weighted by molar-refractivity contribution is 0.478. The van der Waals surface area contributed by atoms with Gasteiger partial charge in [-0.2, -0.15) is 0 Å². The van der Waals surface area contributed by atoms with Crippen LogP contribution in [-0.4, -0.2) is 6.54 Å². The second kappa shape index (κ2) is 6.91. The Bertz CT molecular complexity index is 596. The molecule has 2 aromatic carbocycles. The molecule has 1 N–H and O–H groups in total. The number of rotatable bonds is 5. The standard InChI is InChI=1S/C17H20BrNO/c1-4-19-11-14-6-7-15(10-16(14)18)20-17-8-5-12(2)9-13(17)3/h5-10,19H,4,11H2,1-3H3. The fourth-order valence-electron chi connectivity index (χ4n) is 2.04. The Hall–Kier alpha value is -1.32. The molecule has 0 aliphatic heterocycles. The molecule has 0 amide bonds. The first-order valence-electron chi connectivity index (χ1n) is 6.84. The van der Waals surface area contributed by atoms with Crippen LogP contribution in [0, 0.1) is 13.8 Å². The summed E-state index contributed by atoms with van der Waals surface area (Å²) < 4.78 is 7.02. The van der Waals surface area contributed by atoms with E-state index < -0.39 is 0 Å². The van der Waals surface area contributed by atoms with Crippen molar-refractivity contribution >= 4 is 15.9 Å². The van der Waals surface area contributed by atoms with Crippen molar-refractivity contribution in [3.8, 4) is 11.5 Å². The highest BCUT2D eigenvalue weighted by molar-refractivity contribution is 9.10. The average molecular weight is 334 g/mol. The highest BCUT2D eigenvalue weighted by atomic mass is 79.9. The van der Waals surface area contributed by atoms with Crippen LogP contribution in [0.5, 0.6) is 11.5 Å². The van der Waals surface area contributed by atoms with Gasteiger partial charge in [-0.25, -0.2) is 0 Å². The highest BCUT2D eigenvalue weighted by Crippen LogP contribution is 2.29. The first kappa shape index (κ1) is 15.1. The number of ether oxygens (including phenoxy) is 1. The van der Waals surface area contributed by atoms with Gasteiger partial charge in [-0.05, 0) is 49.7 Å². The summed E-state index contributed by atoms with van der Waals surface area (Å²) in [6.07, 6.45) is 0. The van der Waals surface area contributed by atoms with Gasteiger partial charge in [-0.3, -0.25) is 0 Å². The molecule has 106 valence electrons. The van der Waals surface area contributed by atoms with E-state index in [0.717, 1.165) is 34.6 Å². The van der Waals surface area contributed by atoms with Crippen molar-refractivity contribution in [3.05, 3.63) is 57.6 Å². The molecule has 0 unspecified atom stereocenters. The lowest BCUT2D eigenvalue weighted by atomic mass is 10.1. The van der Waals surface area contributed by atoms with Gasteiger partial charge >= 0.3 is 0 Å². The lowest BCUT2D eigenvalue weighted by Gasteiger charge is -2.11. The zero-order valence-corrected chi connectivity index (χ0v) is 13.8. The van der Waals surface area contributed by atoms with Crippen LogP contribution in [0.2, 0.25) is 0 Å². The third-order valence-electron chi connectivity index (χ3n) is 3.15. The van der Waals surface area contributed by atoms with Crippen molar-refractivity contribution in [1.29, 1.82) is 0 Å². The molecule has 0 bridgehead atoms. The molecule has 2 nitrogen and oxygen atoms in total. The van der Waals surface area contributed by atoms with Crippen LogP contribution >= 0.6 is 15.9 Å². The summed E-state index contributed by atoms with van der Waals surface area (Å²) in [5.74, 6) is 1.76. The molecule has 3 heteroatoms. The third-order valence-corrected chi connectivity index (χ3v) is 3.89. The predicted molar refractivity (Wildman–Crippen MR) is 87.5 cm³/mol.